The standard InChI is InChI=1S/C16H28N2O/c1-6-18(12(2)3)11-16(17)14-7-9-15(10-8-14)19-13(4)5/h7-10,12-13,16H,6,11,17H2,1-5H3. The molecule has 19 heavy (non-hydrogen) atoms. The molecule has 0 heterocycles. The number of rotatable bonds is 7. The summed E-state index contributed by atoms with van der Waals surface area (Å²) in [7, 11) is 0. The molecule has 0 aromatic heterocycles. The minimum absolute atomic E-state index is 0.0513. The second kappa shape index (κ2) is 7.51. The third kappa shape index (κ3) is 5.21. The van der Waals surface area contributed by atoms with Crippen molar-refractivity contribution in [2.45, 2.75) is 52.8 Å². The van der Waals surface area contributed by atoms with Crippen LogP contribution in [0.1, 0.15) is 46.2 Å². The molecule has 3 heteroatoms. The summed E-state index contributed by atoms with van der Waals surface area (Å²) < 4.78 is 5.64. The Morgan fingerprint density at radius 1 is 1.11 bits per heavy atom. The lowest BCUT2D eigenvalue weighted by Gasteiger charge is -2.28. The predicted octanol–water partition coefficient (Wildman–Crippen LogP) is 3.20. The number of hydrogen-bond acceptors (Lipinski definition) is 3. The smallest absolute Gasteiger partial charge is 0.119 e. The summed E-state index contributed by atoms with van der Waals surface area (Å²) in [5.74, 6) is 0.905. The van der Waals surface area contributed by atoms with Gasteiger partial charge in [-0.1, -0.05) is 19.1 Å². The van der Waals surface area contributed by atoms with Gasteiger partial charge < -0.3 is 10.5 Å². The Hall–Kier alpha value is -1.06. The molecule has 0 spiro atoms. The molecule has 0 bridgehead atoms. The lowest BCUT2D eigenvalue weighted by atomic mass is 10.1. The summed E-state index contributed by atoms with van der Waals surface area (Å²) in [6, 6.07) is 8.71. The van der Waals surface area contributed by atoms with Gasteiger partial charge in [-0.15, -0.1) is 0 Å². The molecule has 108 valence electrons. The Morgan fingerprint density at radius 3 is 2.11 bits per heavy atom. The van der Waals surface area contributed by atoms with E-state index >= 15 is 0 Å². The fourth-order valence-corrected chi connectivity index (χ4v) is 2.13. The van der Waals surface area contributed by atoms with E-state index in [1.54, 1.807) is 0 Å². The van der Waals surface area contributed by atoms with Crippen LogP contribution >= 0.6 is 0 Å². The van der Waals surface area contributed by atoms with Gasteiger partial charge >= 0.3 is 0 Å². The minimum atomic E-state index is 0.0513. The van der Waals surface area contributed by atoms with E-state index in [1.807, 2.05) is 26.0 Å². The highest BCUT2D eigenvalue weighted by molar-refractivity contribution is 5.29. The van der Waals surface area contributed by atoms with Crippen LogP contribution in [0.3, 0.4) is 0 Å². The van der Waals surface area contributed by atoms with Crippen LogP contribution in [0, 0.1) is 0 Å². The van der Waals surface area contributed by atoms with E-state index in [2.05, 4.69) is 37.8 Å². The van der Waals surface area contributed by atoms with Crippen LogP contribution in [0.2, 0.25) is 0 Å². The van der Waals surface area contributed by atoms with Gasteiger partial charge in [0, 0.05) is 18.6 Å². The normalized spacial score (nSPS) is 13.3. The van der Waals surface area contributed by atoms with E-state index in [-0.39, 0.29) is 12.1 Å². The fourth-order valence-electron chi connectivity index (χ4n) is 2.13. The quantitative estimate of drug-likeness (QED) is 0.822. The monoisotopic (exact) mass is 264 g/mol. The maximum Gasteiger partial charge on any atom is 0.119 e. The van der Waals surface area contributed by atoms with Gasteiger partial charge in [0.1, 0.15) is 5.75 Å². The molecule has 0 radical (unpaired) electrons. The molecule has 0 amide bonds. The lowest BCUT2D eigenvalue weighted by Crippen LogP contribution is -2.36. The molecule has 0 saturated carbocycles. The Morgan fingerprint density at radius 2 is 1.68 bits per heavy atom. The number of nitrogens with zero attached hydrogens (tertiary/aromatic N) is 1. The molecule has 2 N–H and O–H groups in total. The lowest BCUT2D eigenvalue weighted by molar-refractivity contribution is 0.219. The predicted molar refractivity (Wildman–Crippen MR) is 81.5 cm³/mol. The van der Waals surface area contributed by atoms with Crippen molar-refractivity contribution in [1.29, 1.82) is 0 Å². The Kier molecular flexibility index (Phi) is 6.32. The van der Waals surface area contributed by atoms with Crippen molar-refractivity contribution in [1.82, 2.24) is 4.90 Å². The number of ether oxygens (including phenoxy) is 1. The van der Waals surface area contributed by atoms with E-state index in [0.29, 0.717) is 6.04 Å². The first-order chi connectivity index (χ1) is 8.93. The number of likely N-dealkylation sites (N-methyl/N-ethyl adjacent to an activating group) is 1. The third-order valence-electron chi connectivity index (χ3n) is 3.25. The zero-order valence-corrected chi connectivity index (χ0v) is 12.9. The summed E-state index contributed by atoms with van der Waals surface area (Å²) in [4.78, 5) is 2.38. The average Bonchev–Trinajstić information content (AvgIpc) is 2.35. The minimum Gasteiger partial charge on any atom is -0.491 e. The second-order valence-corrected chi connectivity index (χ2v) is 5.52. The van der Waals surface area contributed by atoms with E-state index in [1.165, 1.54) is 0 Å². The van der Waals surface area contributed by atoms with Gasteiger partial charge in [-0.2, -0.15) is 0 Å². The van der Waals surface area contributed by atoms with Gasteiger partial charge in [-0.3, -0.25) is 4.90 Å². The molecule has 0 saturated heterocycles. The second-order valence-electron chi connectivity index (χ2n) is 5.52. The van der Waals surface area contributed by atoms with Crippen LogP contribution in [-0.4, -0.2) is 30.1 Å². The van der Waals surface area contributed by atoms with E-state index in [0.717, 1.165) is 24.4 Å². The van der Waals surface area contributed by atoms with Crippen molar-refractivity contribution < 1.29 is 4.74 Å². The molecule has 0 aliphatic heterocycles. The molecule has 0 fully saturated rings. The maximum absolute atomic E-state index is 6.28. The number of hydrogen-bond donors (Lipinski definition) is 1. The third-order valence-corrected chi connectivity index (χ3v) is 3.25. The Balaban J connectivity index is 2.64. The van der Waals surface area contributed by atoms with E-state index in [9.17, 15) is 0 Å². The van der Waals surface area contributed by atoms with Crippen LogP contribution in [0.25, 0.3) is 0 Å². The van der Waals surface area contributed by atoms with Gasteiger partial charge in [0.2, 0.25) is 0 Å². The molecule has 1 aromatic carbocycles. The molecule has 1 unspecified atom stereocenters. The first-order valence-electron chi connectivity index (χ1n) is 7.20. The van der Waals surface area contributed by atoms with Gasteiger partial charge in [0.15, 0.2) is 0 Å². The fraction of sp³-hybridized carbons (Fsp3) is 0.625. The highest BCUT2D eigenvalue weighted by atomic mass is 16.5. The highest BCUT2D eigenvalue weighted by Gasteiger charge is 2.13. The summed E-state index contributed by atoms with van der Waals surface area (Å²) in [6.07, 6.45) is 0.205. The van der Waals surface area contributed by atoms with Crippen molar-refractivity contribution in [2.75, 3.05) is 13.1 Å². The highest BCUT2D eigenvalue weighted by Crippen LogP contribution is 2.18. The topological polar surface area (TPSA) is 38.5 Å². The zero-order valence-electron chi connectivity index (χ0n) is 12.9. The first kappa shape index (κ1) is 16.0. The molecule has 0 aliphatic rings. The van der Waals surface area contributed by atoms with Gasteiger partial charge in [0.25, 0.3) is 0 Å². The van der Waals surface area contributed by atoms with E-state index in [4.69, 9.17) is 10.5 Å². The summed E-state index contributed by atoms with van der Waals surface area (Å²) >= 11 is 0. The van der Waals surface area contributed by atoms with Crippen LogP contribution < -0.4 is 10.5 Å². The Bertz CT molecular complexity index is 360. The summed E-state index contributed by atoms with van der Waals surface area (Å²) in [5, 5.41) is 0. The zero-order chi connectivity index (χ0) is 14.4. The number of benzene rings is 1. The van der Waals surface area contributed by atoms with E-state index < -0.39 is 0 Å². The molecule has 1 aromatic rings. The average molecular weight is 264 g/mol. The van der Waals surface area contributed by atoms with Crippen molar-refractivity contribution >= 4 is 0 Å². The van der Waals surface area contributed by atoms with Crippen molar-refractivity contribution in [2.24, 2.45) is 5.73 Å². The van der Waals surface area contributed by atoms with Crippen molar-refractivity contribution in [3.8, 4) is 5.75 Å². The van der Waals surface area contributed by atoms with Gasteiger partial charge in [-0.05, 0) is 51.9 Å². The van der Waals surface area contributed by atoms with Crippen molar-refractivity contribution in [3.63, 3.8) is 0 Å². The first-order valence-corrected chi connectivity index (χ1v) is 7.20. The molecular weight excluding hydrogens is 236 g/mol. The van der Waals surface area contributed by atoms with Crippen LogP contribution in [-0.2, 0) is 0 Å². The van der Waals surface area contributed by atoms with Crippen LogP contribution in [0.5, 0.6) is 5.75 Å². The Labute approximate surface area is 117 Å². The molecule has 1 atom stereocenters. The molecule has 0 aliphatic carbocycles. The van der Waals surface area contributed by atoms with Gasteiger partial charge in [0.05, 0.1) is 6.10 Å². The molecular formula is C16H28N2O. The summed E-state index contributed by atoms with van der Waals surface area (Å²) in [5.41, 5.74) is 7.44. The number of nitrogens with two attached hydrogens (primary N) is 1. The molecule has 3 nitrogen and oxygen atoms in total. The largest absolute Gasteiger partial charge is 0.491 e. The SMILES string of the molecule is CCN(CC(N)c1ccc(OC(C)C)cc1)C(C)C. The van der Waals surface area contributed by atoms with Crippen LogP contribution in [0.4, 0.5) is 0 Å². The van der Waals surface area contributed by atoms with Crippen LogP contribution in [0.15, 0.2) is 24.3 Å². The maximum atomic E-state index is 6.28. The summed E-state index contributed by atoms with van der Waals surface area (Å²) in [6.45, 7) is 12.6. The van der Waals surface area contributed by atoms with Crippen molar-refractivity contribution in [3.05, 3.63) is 29.8 Å². The molecule has 1 rings (SSSR count). The van der Waals surface area contributed by atoms with Gasteiger partial charge in [-0.25, -0.2) is 0 Å².